The molecule has 0 radical (unpaired) electrons. The van der Waals surface area contributed by atoms with Crippen molar-refractivity contribution < 1.29 is 19.4 Å². The Balaban J connectivity index is 2.03. The highest BCUT2D eigenvalue weighted by Crippen LogP contribution is 2.25. The molecule has 24 heavy (non-hydrogen) atoms. The van der Waals surface area contributed by atoms with Crippen molar-refractivity contribution in [3.63, 3.8) is 0 Å². The predicted octanol–water partition coefficient (Wildman–Crippen LogP) is 0.508. The van der Waals surface area contributed by atoms with Crippen LogP contribution in [-0.2, 0) is 22.7 Å². The van der Waals surface area contributed by atoms with Crippen LogP contribution in [-0.4, -0.2) is 73.3 Å². The third-order valence-corrected chi connectivity index (χ3v) is 4.30. The van der Waals surface area contributed by atoms with Gasteiger partial charge in [-0.15, -0.1) is 0 Å². The lowest BCUT2D eigenvalue weighted by Gasteiger charge is -2.18. The number of rotatable bonds is 7. The first-order valence-electron chi connectivity index (χ1n) is 8.05. The highest BCUT2D eigenvalue weighted by Gasteiger charge is 2.33. The van der Waals surface area contributed by atoms with Crippen molar-refractivity contribution in [2.24, 2.45) is 5.92 Å². The summed E-state index contributed by atoms with van der Waals surface area (Å²) >= 11 is 0. The Kier molecular flexibility index (Phi) is 6.53. The second kappa shape index (κ2) is 8.41. The number of methoxy groups -OCH3 is 2. The van der Waals surface area contributed by atoms with Gasteiger partial charge in [0.25, 0.3) is 0 Å². The number of aliphatic hydroxyl groups excluding tert-OH is 1. The Bertz CT molecular complexity index is 565. The van der Waals surface area contributed by atoms with Gasteiger partial charge >= 0.3 is 0 Å². The summed E-state index contributed by atoms with van der Waals surface area (Å²) < 4.78 is 10.5. The lowest BCUT2D eigenvalue weighted by atomic mass is 10.0. The highest BCUT2D eigenvalue weighted by molar-refractivity contribution is 5.75. The van der Waals surface area contributed by atoms with Gasteiger partial charge in [-0.1, -0.05) is 0 Å². The highest BCUT2D eigenvalue weighted by atomic mass is 16.5. The van der Waals surface area contributed by atoms with Gasteiger partial charge in [0.2, 0.25) is 11.8 Å². The maximum Gasteiger partial charge on any atom is 0.222 e. The van der Waals surface area contributed by atoms with E-state index >= 15 is 0 Å². The van der Waals surface area contributed by atoms with Gasteiger partial charge in [0.15, 0.2) is 0 Å². The summed E-state index contributed by atoms with van der Waals surface area (Å²) in [7, 11) is 6.71. The molecular formula is C17H27N3O4. The number of pyridine rings is 1. The van der Waals surface area contributed by atoms with Crippen LogP contribution in [0.15, 0.2) is 12.3 Å². The maximum atomic E-state index is 11.9. The number of hydrogen-bond donors (Lipinski definition) is 1. The number of carbonyl (C=O) groups is 1. The molecule has 7 heteroatoms. The van der Waals surface area contributed by atoms with Crippen molar-refractivity contribution in [2.45, 2.75) is 25.7 Å². The van der Waals surface area contributed by atoms with E-state index < -0.39 is 6.10 Å². The Morgan fingerprint density at radius 1 is 1.42 bits per heavy atom. The third kappa shape index (κ3) is 4.66. The van der Waals surface area contributed by atoms with Crippen molar-refractivity contribution in [1.29, 1.82) is 0 Å². The molecule has 1 fully saturated rings. The zero-order valence-corrected chi connectivity index (χ0v) is 14.9. The first kappa shape index (κ1) is 18.6. The number of β-amino-alcohol motifs (C(OH)–C–C–N with tert-alkyl or cyclic N) is 1. The quantitative estimate of drug-likeness (QED) is 0.781. The van der Waals surface area contributed by atoms with Crippen LogP contribution in [0.4, 0.5) is 0 Å². The summed E-state index contributed by atoms with van der Waals surface area (Å²) in [4.78, 5) is 19.9. The molecule has 0 unspecified atom stereocenters. The molecule has 0 bridgehead atoms. The SMILES string of the molecule is COCc1cnc(OC)c(CN2C[C@@H](CC(=O)N(C)C)[C@H](O)C2)c1. The van der Waals surface area contributed by atoms with Gasteiger partial charge < -0.3 is 19.5 Å². The Morgan fingerprint density at radius 2 is 2.17 bits per heavy atom. The van der Waals surface area contributed by atoms with Crippen molar-refractivity contribution in [3.05, 3.63) is 23.4 Å². The molecule has 1 aromatic rings. The van der Waals surface area contributed by atoms with Crippen LogP contribution in [0, 0.1) is 5.92 Å². The zero-order valence-electron chi connectivity index (χ0n) is 14.9. The monoisotopic (exact) mass is 337 g/mol. The van der Waals surface area contributed by atoms with E-state index in [0.29, 0.717) is 38.5 Å². The van der Waals surface area contributed by atoms with Crippen LogP contribution >= 0.6 is 0 Å². The number of aliphatic hydroxyl groups is 1. The van der Waals surface area contributed by atoms with Gasteiger partial charge in [0, 0.05) is 64.9 Å². The first-order valence-corrected chi connectivity index (χ1v) is 8.05. The molecule has 7 nitrogen and oxygen atoms in total. The normalized spacial score (nSPS) is 21.0. The van der Waals surface area contributed by atoms with Crippen molar-refractivity contribution in [3.8, 4) is 5.88 Å². The molecule has 0 saturated carbocycles. The van der Waals surface area contributed by atoms with Crippen molar-refractivity contribution in [1.82, 2.24) is 14.8 Å². The fourth-order valence-electron chi connectivity index (χ4n) is 3.01. The van der Waals surface area contributed by atoms with E-state index in [-0.39, 0.29) is 11.8 Å². The fourth-order valence-corrected chi connectivity index (χ4v) is 3.01. The molecule has 1 amide bonds. The van der Waals surface area contributed by atoms with E-state index in [4.69, 9.17) is 9.47 Å². The molecular weight excluding hydrogens is 310 g/mol. The van der Waals surface area contributed by atoms with E-state index in [1.54, 1.807) is 39.4 Å². The minimum Gasteiger partial charge on any atom is -0.481 e. The molecule has 0 aliphatic carbocycles. The summed E-state index contributed by atoms with van der Waals surface area (Å²) in [6, 6.07) is 2.01. The second-order valence-corrected chi connectivity index (χ2v) is 6.46. The van der Waals surface area contributed by atoms with E-state index in [2.05, 4.69) is 9.88 Å². The Morgan fingerprint density at radius 3 is 2.79 bits per heavy atom. The maximum absolute atomic E-state index is 11.9. The molecule has 1 saturated heterocycles. The van der Waals surface area contributed by atoms with Gasteiger partial charge in [0.05, 0.1) is 19.8 Å². The molecule has 2 rings (SSSR count). The number of hydrogen-bond acceptors (Lipinski definition) is 6. The smallest absolute Gasteiger partial charge is 0.222 e. The van der Waals surface area contributed by atoms with E-state index in [1.807, 2.05) is 6.07 Å². The van der Waals surface area contributed by atoms with Crippen LogP contribution < -0.4 is 4.74 Å². The summed E-state index contributed by atoms with van der Waals surface area (Å²) in [6.45, 7) is 2.34. The molecule has 134 valence electrons. The summed E-state index contributed by atoms with van der Waals surface area (Å²) in [5.74, 6) is 0.584. The largest absolute Gasteiger partial charge is 0.481 e. The second-order valence-electron chi connectivity index (χ2n) is 6.46. The lowest BCUT2D eigenvalue weighted by Crippen LogP contribution is -2.28. The fraction of sp³-hybridized carbons (Fsp3) is 0.647. The van der Waals surface area contributed by atoms with Crippen LogP contribution in [0.2, 0.25) is 0 Å². The van der Waals surface area contributed by atoms with E-state index in [1.165, 1.54) is 0 Å². The minimum absolute atomic E-state index is 0.0407. The van der Waals surface area contributed by atoms with Gasteiger partial charge in [-0.05, 0) is 11.6 Å². The van der Waals surface area contributed by atoms with E-state index in [9.17, 15) is 9.90 Å². The standard InChI is InChI=1S/C17H27N3O4/c1-19(2)16(22)6-13-8-20(10-15(13)21)9-14-5-12(11-23-3)7-18-17(14)24-4/h5,7,13,15,21H,6,8-11H2,1-4H3/t13-,15-/m1/s1. The number of amides is 1. The van der Waals surface area contributed by atoms with Gasteiger partial charge in [-0.25, -0.2) is 4.98 Å². The van der Waals surface area contributed by atoms with Crippen LogP contribution in [0.25, 0.3) is 0 Å². The van der Waals surface area contributed by atoms with Crippen LogP contribution in [0.1, 0.15) is 17.5 Å². The summed E-state index contributed by atoms with van der Waals surface area (Å²) in [5, 5.41) is 10.3. The van der Waals surface area contributed by atoms with Crippen LogP contribution in [0.5, 0.6) is 5.88 Å². The lowest BCUT2D eigenvalue weighted by molar-refractivity contribution is -0.130. The molecule has 2 atom stereocenters. The van der Waals surface area contributed by atoms with Crippen molar-refractivity contribution >= 4 is 5.91 Å². The number of nitrogens with zero attached hydrogens (tertiary/aromatic N) is 3. The molecule has 1 aromatic heterocycles. The van der Waals surface area contributed by atoms with E-state index in [0.717, 1.165) is 11.1 Å². The molecule has 0 spiro atoms. The zero-order chi connectivity index (χ0) is 17.7. The first-order chi connectivity index (χ1) is 11.4. The average Bonchev–Trinajstić information content (AvgIpc) is 2.87. The van der Waals surface area contributed by atoms with Gasteiger partial charge in [-0.2, -0.15) is 0 Å². The number of carbonyl (C=O) groups excluding carboxylic acids is 1. The molecule has 1 N–H and O–H groups in total. The Labute approximate surface area is 143 Å². The van der Waals surface area contributed by atoms with Crippen molar-refractivity contribution in [2.75, 3.05) is 41.4 Å². The minimum atomic E-state index is -0.491. The molecule has 1 aliphatic heterocycles. The van der Waals surface area contributed by atoms with Crippen LogP contribution in [0.3, 0.4) is 0 Å². The molecule has 2 heterocycles. The average molecular weight is 337 g/mol. The van der Waals surface area contributed by atoms with Gasteiger partial charge in [0.1, 0.15) is 0 Å². The molecule has 1 aliphatic rings. The number of likely N-dealkylation sites (tertiary alicyclic amines) is 1. The number of ether oxygens (including phenoxy) is 2. The Hall–Kier alpha value is -1.70. The molecule has 0 aromatic carbocycles. The predicted molar refractivity (Wildman–Crippen MR) is 89.6 cm³/mol. The topological polar surface area (TPSA) is 75.1 Å². The van der Waals surface area contributed by atoms with Gasteiger partial charge in [-0.3, -0.25) is 9.69 Å². The summed E-state index contributed by atoms with van der Waals surface area (Å²) in [6.07, 6.45) is 1.61. The number of aromatic nitrogens is 1. The summed E-state index contributed by atoms with van der Waals surface area (Å²) in [5.41, 5.74) is 1.94. The third-order valence-electron chi connectivity index (χ3n) is 4.30.